The molecular formula is C21H22N4O6S. The van der Waals surface area contributed by atoms with Gasteiger partial charge in [0.05, 0.1) is 10.6 Å². The molecule has 2 N–H and O–H groups in total. The van der Waals surface area contributed by atoms with Crippen molar-refractivity contribution >= 4 is 21.6 Å². The zero-order chi connectivity index (χ0) is 22.7. The van der Waals surface area contributed by atoms with Crippen LogP contribution in [0.15, 0.2) is 51.9 Å². The van der Waals surface area contributed by atoms with E-state index < -0.39 is 15.9 Å². The molecule has 0 spiro atoms. The first kappa shape index (κ1) is 21.8. The molecule has 3 aromatic rings. The molecule has 32 heavy (non-hydrogen) atoms. The number of aryl methyl sites for hydroxylation is 1. The number of rotatable bonds is 7. The van der Waals surface area contributed by atoms with Crippen molar-refractivity contribution in [2.75, 3.05) is 18.4 Å². The van der Waals surface area contributed by atoms with Crippen LogP contribution in [0.3, 0.4) is 0 Å². The number of anilines is 1. The second-order valence-electron chi connectivity index (χ2n) is 7.29. The van der Waals surface area contributed by atoms with E-state index in [1.807, 2.05) is 0 Å². The molecule has 10 nitrogen and oxygen atoms in total. The van der Waals surface area contributed by atoms with Crippen LogP contribution in [0.25, 0.3) is 0 Å². The second-order valence-corrected chi connectivity index (χ2v) is 9.22. The first-order valence-corrected chi connectivity index (χ1v) is 11.4. The smallest absolute Gasteiger partial charge is 0.255 e. The number of hydrogen-bond donors (Lipinski definition) is 2. The number of phenolic OH excluding ortho intramolecular Hbond substituents is 1. The van der Waals surface area contributed by atoms with E-state index in [0.29, 0.717) is 36.1 Å². The van der Waals surface area contributed by atoms with Crippen LogP contribution in [0.4, 0.5) is 5.69 Å². The van der Waals surface area contributed by atoms with Gasteiger partial charge in [0.1, 0.15) is 11.5 Å². The first-order chi connectivity index (χ1) is 15.3. The van der Waals surface area contributed by atoms with Crippen molar-refractivity contribution in [2.45, 2.75) is 31.3 Å². The van der Waals surface area contributed by atoms with Gasteiger partial charge in [-0.15, -0.1) is 0 Å². The Bertz CT molecular complexity index is 1220. The Morgan fingerprint density at radius 3 is 2.56 bits per heavy atom. The van der Waals surface area contributed by atoms with Crippen molar-refractivity contribution < 1.29 is 27.6 Å². The van der Waals surface area contributed by atoms with Crippen molar-refractivity contribution in [3.05, 3.63) is 59.7 Å². The fraction of sp³-hybridized carbons (Fsp3) is 0.286. The average molecular weight is 458 g/mol. The number of aromatic hydroxyl groups is 1. The van der Waals surface area contributed by atoms with E-state index in [0.717, 1.165) is 12.8 Å². The summed E-state index contributed by atoms with van der Waals surface area (Å²) in [5.74, 6) is 0.621. The fourth-order valence-electron chi connectivity index (χ4n) is 3.30. The highest BCUT2D eigenvalue weighted by molar-refractivity contribution is 7.89. The summed E-state index contributed by atoms with van der Waals surface area (Å²) in [7, 11) is -3.67. The number of carbonyl (C=O) groups excluding carboxylic acids is 1. The second kappa shape index (κ2) is 8.97. The maximum atomic E-state index is 12.8. The molecule has 2 aromatic carbocycles. The van der Waals surface area contributed by atoms with Gasteiger partial charge in [-0.2, -0.15) is 9.29 Å². The molecular weight excluding hydrogens is 436 g/mol. The minimum Gasteiger partial charge on any atom is -0.506 e. The summed E-state index contributed by atoms with van der Waals surface area (Å²) in [5.41, 5.74) is 0.322. The summed E-state index contributed by atoms with van der Waals surface area (Å²) in [6.45, 7) is 2.73. The summed E-state index contributed by atoms with van der Waals surface area (Å²) in [6.07, 6.45) is 1.63. The number of phenols is 1. The maximum absolute atomic E-state index is 12.8. The molecule has 1 aliphatic rings. The summed E-state index contributed by atoms with van der Waals surface area (Å²) in [6, 6.07) is 10.2. The molecule has 1 aromatic heterocycles. The van der Waals surface area contributed by atoms with Gasteiger partial charge in [0.15, 0.2) is 6.61 Å². The van der Waals surface area contributed by atoms with Crippen molar-refractivity contribution in [1.29, 1.82) is 0 Å². The largest absolute Gasteiger partial charge is 0.506 e. The highest BCUT2D eigenvalue weighted by Gasteiger charge is 2.28. The molecule has 0 atom stereocenters. The SMILES string of the molecule is Cc1nc(COc2ccc(C(=O)Nc3cc(S(=O)(=O)N4CCCC4)ccc3O)cc2)no1. The molecule has 0 bridgehead atoms. The summed E-state index contributed by atoms with van der Waals surface area (Å²) < 4.78 is 37.3. The predicted octanol–water partition coefficient (Wildman–Crippen LogP) is 2.70. The third-order valence-corrected chi connectivity index (χ3v) is 6.87. The van der Waals surface area contributed by atoms with Crippen LogP contribution in [0, 0.1) is 6.92 Å². The van der Waals surface area contributed by atoms with E-state index in [4.69, 9.17) is 9.26 Å². The topological polar surface area (TPSA) is 135 Å². The molecule has 11 heteroatoms. The Kier molecular flexibility index (Phi) is 6.10. The third kappa shape index (κ3) is 4.73. The number of carbonyl (C=O) groups is 1. The molecule has 1 fully saturated rings. The number of hydrogen-bond acceptors (Lipinski definition) is 8. The van der Waals surface area contributed by atoms with Crippen molar-refractivity contribution in [3.8, 4) is 11.5 Å². The monoisotopic (exact) mass is 458 g/mol. The van der Waals surface area contributed by atoms with Gasteiger partial charge < -0.3 is 19.7 Å². The van der Waals surface area contributed by atoms with E-state index in [9.17, 15) is 18.3 Å². The summed E-state index contributed by atoms with van der Waals surface area (Å²) >= 11 is 0. The minimum atomic E-state index is -3.67. The lowest BCUT2D eigenvalue weighted by Crippen LogP contribution is -2.28. The van der Waals surface area contributed by atoms with Crippen LogP contribution in [-0.2, 0) is 16.6 Å². The summed E-state index contributed by atoms with van der Waals surface area (Å²) in [4.78, 5) is 16.7. The number of nitrogens with zero attached hydrogens (tertiary/aromatic N) is 3. The number of aromatic nitrogens is 2. The Balaban J connectivity index is 1.44. The van der Waals surface area contributed by atoms with Crippen LogP contribution in [0.5, 0.6) is 11.5 Å². The zero-order valence-corrected chi connectivity index (χ0v) is 18.1. The summed E-state index contributed by atoms with van der Waals surface area (Å²) in [5, 5.41) is 16.4. The van der Waals surface area contributed by atoms with Gasteiger partial charge in [-0.3, -0.25) is 4.79 Å². The lowest BCUT2D eigenvalue weighted by atomic mass is 10.2. The number of sulfonamides is 1. The Morgan fingerprint density at radius 1 is 1.19 bits per heavy atom. The van der Waals surface area contributed by atoms with Gasteiger partial charge >= 0.3 is 0 Å². The standard InChI is InChI=1S/C21H22N4O6S/c1-14-22-20(24-31-14)13-30-16-6-4-15(5-7-16)21(27)23-18-12-17(8-9-19(18)26)32(28,29)25-10-2-3-11-25/h4-9,12,26H,2-3,10-11,13H2,1H3,(H,23,27). The lowest BCUT2D eigenvalue weighted by Gasteiger charge is -2.16. The van der Waals surface area contributed by atoms with Crippen LogP contribution < -0.4 is 10.1 Å². The van der Waals surface area contributed by atoms with E-state index >= 15 is 0 Å². The van der Waals surface area contributed by atoms with Crippen molar-refractivity contribution in [2.24, 2.45) is 0 Å². The quantitative estimate of drug-likeness (QED) is 0.516. The highest BCUT2D eigenvalue weighted by atomic mass is 32.2. The van der Waals surface area contributed by atoms with E-state index in [2.05, 4.69) is 15.5 Å². The normalized spacial score (nSPS) is 14.4. The molecule has 2 heterocycles. The Hall–Kier alpha value is -3.44. The van der Waals surface area contributed by atoms with E-state index in [1.54, 1.807) is 31.2 Å². The Labute approximate surface area is 184 Å². The highest BCUT2D eigenvalue weighted by Crippen LogP contribution is 2.29. The van der Waals surface area contributed by atoms with Crippen LogP contribution >= 0.6 is 0 Å². The molecule has 1 saturated heterocycles. The Morgan fingerprint density at radius 2 is 1.91 bits per heavy atom. The first-order valence-electron chi connectivity index (χ1n) is 9.99. The third-order valence-electron chi connectivity index (χ3n) is 4.97. The van der Waals surface area contributed by atoms with Crippen LogP contribution in [0.1, 0.15) is 34.9 Å². The lowest BCUT2D eigenvalue weighted by molar-refractivity contribution is 0.102. The van der Waals surface area contributed by atoms with Gasteiger partial charge in [0.2, 0.25) is 21.7 Å². The van der Waals surface area contributed by atoms with Gasteiger partial charge in [-0.1, -0.05) is 5.16 Å². The van der Waals surface area contributed by atoms with Crippen LogP contribution in [-0.4, -0.2) is 47.0 Å². The van der Waals surface area contributed by atoms with Gasteiger partial charge in [-0.25, -0.2) is 8.42 Å². The van der Waals surface area contributed by atoms with Gasteiger partial charge in [0, 0.05) is 25.6 Å². The zero-order valence-electron chi connectivity index (χ0n) is 17.3. The number of benzene rings is 2. The average Bonchev–Trinajstić information content (AvgIpc) is 3.46. The van der Waals surface area contributed by atoms with Crippen molar-refractivity contribution in [1.82, 2.24) is 14.4 Å². The van der Waals surface area contributed by atoms with Crippen LogP contribution in [0.2, 0.25) is 0 Å². The molecule has 0 saturated carbocycles. The number of ether oxygens (including phenoxy) is 1. The minimum absolute atomic E-state index is 0.0167. The molecule has 1 amide bonds. The van der Waals surface area contributed by atoms with E-state index in [1.165, 1.54) is 22.5 Å². The molecule has 0 aliphatic carbocycles. The predicted molar refractivity (Wildman–Crippen MR) is 114 cm³/mol. The molecule has 0 radical (unpaired) electrons. The van der Waals surface area contributed by atoms with E-state index in [-0.39, 0.29) is 22.9 Å². The maximum Gasteiger partial charge on any atom is 0.255 e. The van der Waals surface area contributed by atoms with Gasteiger partial charge in [0.25, 0.3) is 5.91 Å². The molecule has 0 unspecified atom stereocenters. The molecule has 4 rings (SSSR count). The van der Waals surface area contributed by atoms with Crippen molar-refractivity contribution in [3.63, 3.8) is 0 Å². The molecule has 1 aliphatic heterocycles. The number of amides is 1. The van der Waals surface area contributed by atoms with Gasteiger partial charge in [-0.05, 0) is 55.3 Å². The molecule has 168 valence electrons. The fourth-order valence-corrected chi connectivity index (χ4v) is 4.84. The number of nitrogens with one attached hydrogen (secondary N) is 1.